The van der Waals surface area contributed by atoms with Gasteiger partial charge < -0.3 is 10.4 Å². The number of anilines is 1. The molecule has 2 N–H and O–H groups in total. The standard InChI is InChI=1S/C12H17N3O2/c1-6-10-8(12(16)17)5-9(7-3-4-7)13-11(10)15(2)14-6/h7-9,13H,3-5H2,1-2H3,(H,16,17). The highest BCUT2D eigenvalue weighted by Crippen LogP contribution is 2.44. The summed E-state index contributed by atoms with van der Waals surface area (Å²) in [6.45, 7) is 1.88. The van der Waals surface area contributed by atoms with Crippen LogP contribution in [0.15, 0.2) is 0 Å². The third kappa shape index (κ3) is 1.61. The van der Waals surface area contributed by atoms with Crippen molar-refractivity contribution in [2.45, 2.75) is 38.1 Å². The molecule has 1 aromatic rings. The van der Waals surface area contributed by atoms with Gasteiger partial charge in [0.15, 0.2) is 0 Å². The zero-order valence-corrected chi connectivity index (χ0v) is 10.1. The topological polar surface area (TPSA) is 67.2 Å². The summed E-state index contributed by atoms with van der Waals surface area (Å²) < 4.78 is 1.77. The third-order valence-electron chi connectivity index (χ3n) is 3.92. The van der Waals surface area contributed by atoms with E-state index in [1.165, 1.54) is 12.8 Å². The van der Waals surface area contributed by atoms with Crippen LogP contribution >= 0.6 is 0 Å². The minimum atomic E-state index is -0.727. The Morgan fingerprint density at radius 2 is 2.24 bits per heavy atom. The maximum Gasteiger partial charge on any atom is 0.311 e. The molecule has 0 aromatic carbocycles. The van der Waals surface area contributed by atoms with Crippen molar-refractivity contribution in [3.05, 3.63) is 11.3 Å². The summed E-state index contributed by atoms with van der Waals surface area (Å²) in [5.74, 6) is 0.429. The number of aromatic nitrogens is 2. The summed E-state index contributed by atoms with van der Waals surface area (Å²) >= 11 is 0. The van der Waals surface area contributed by atoms with Gasteiger partial charge in [-0.05, 0) is 32.1 Å². The molecule has 1 aromatic heterocycles. The van der Waals surface area contributed by atoms with Gasteiger partial charge in [0.05, 0.1) is 11.6 Å². The number of nitrogens with zero attached hydrogens (tertiary/aromatic N) is 2. The second-order valence-corrected chi connectivity index (χ2v) is 5.19. The molecular weight excluding hydrogens is 218 g/mol. The molecule has 2 atom stereocenters. The molecule has 1 fully saturated rings. The van der Waals surface area contributed by atoms with E-state index in [4.69, 9.17) is 0 Å². The quantitative estimate of drug-likeness (QED) is 0.815. The Balaban J connectivity index is 2.03. The Labute approximate surface area is 99.8 Å². The van der Waals surface area contributed by atoms with Crippen molar-refractivity contribution in [3.8, 4) is 0 Å². The number of carbonyl (C=O) groups is 1. The lowest BCUT2D eigenvalue weighted by Crippen LogP contribution is -2.33. The van der Waals surface area contributed by atoms with Crippen LogP contribution in [-0.2, 0) is 11.8 Å². The van der Waals surface area contributed by atoms with Gasteiger partial charge in [0.2, 0.25) is 0 Å². The Morgan fingerprint density at radius 1 is 1.53 bits per heavy atom. The van der Waals surface area contributed by atoms with Crippen LogP contribution < -0.4 is 5.32 Å². The highest BCUT2D eigenvalue weighted by atomic mass is 16.4. The Kier molecular flexibility index (Phi) is 2.18. The van der Waals surface area contributed by atoms with Crippen molar-refractivity contribution in [1.29, 1.82) is 0 Å². The molecule has 2 unspecified atom stereocenters. The van der Waals surface area contributed by atoms with E-state index < -0.39 is 11.9 Å². The molecule has 1 aliphatic heterocycles. The maximum absolute atomic E-state index is 11.4. The zero-order valence-electron chi connectivity index (χ0n) is 10.1. The first-order valence-electron chi connectivity index (χ1n) is 6.10. The van der Waals surface area contributed by atoms with Crippen molar-refractivity contribution in [3.63, 3.8) is 0 Å². The second-order valence-electron chi connectivity index (χ2n) is 5.19. The summed E-state index contributed by atoms with van der Waals surface area (Å²) in [4.78, 5) is 11.4. The molecule has 1 saturated carbocycles. The molecule has 0 saturated heterocycles. The molecule has 2 aliphatic rings. The number of nitrogens with one attached hydrogen (secondary N) is 1. The van der Waals surface area contributed by atoms with Crippen LogP contribution in [0.3, 0.4) is 0 Å². The Bertz CT molecular complexity index is 476. The smallest absolute Gasteiger partial charge is 0.311 e. The summed E-state index contributed by atoms with van der Waals surface area (Å²) in [6, 6.07) is 0.304. The van der Waals surface area contributed by atoms with Crippen LogP contribution in [0.5, 0.6) is 0 Å². The van der Waals surface area contributed by atoms with Crippen LogP contribution in [0.25, 0.3) is 0 Å². The summed E-state index contributed by atoms with van der Waals surface area (Å²) in [7, 11) is 1.87. The Hall–Kier alpha value is -1.52. The van der Waals surface area contributed by atoms with E-state index in [0.717, 1.165) is 17.1 Å². The van der Waals surface area contributed by atoms with Crippen LogP contribution in [0.1, 0.15) is 36.4 Å². The monoisotopic (exact) mass is 235 g/mol. The predicted octanol–water partition coefficient (Wildman–Crippen LogP) is 1.49. The number of fused-ring (bicyclic) bond motifs is 1. The lowest BCUT2D eigenvalue weighted by Gasteiger charge is -2.29. The van der Waals surface area contributed by atoms with Gasteiger partial charge in [0.1, 0.15) is 5.82 Å². The van der Waals surface area contributed by atoms with E-state index in [1.54, 1.807) is 4.68 Å². The van der Waals surface area contributed by atoms with Gasteiger partial charge in [0, 0.05) is 18.7 Å². The highest BCUT2D eigenvalue weighted by Gasteiger charge is 2.41. The number of carboxylic acids is 1. The van der Waals surface area contributed by atoms with Crippen molar-refractivity contribution >= 4 is 11.8 Å². The lowest BCUT2D eigenvalue weighted by molar-refractivity contribution is -0.139. The molecule has 92 valence electrons. The van der Waals surface area contributed by atoms with Gasteiger partial charge in [-0.3, -0.25) is 9.48 Å². The highest BCUT2D eigenvalue weighted by molar-refractivity contribution is 5.80. The van der Waals surface area contributed by atoms with Crippen LogP contribution in [0.2, 0.25) is 0 Å². The van der Waals surface area contributed by atoms with E-state index >= 15 is 0 Å². The van der Waals surface area contributed by atoms with Crippen LogP contribution in [-0.4, -0.2) is 26.9 Å². The van der Waals surface area contributed by atoms with Crippen molar-refractivity contribution in [2.75, 3.05) is 5.32 Å². The fourth-order valence-corrected chi connectivity index (χ4v) is 2.90. The van der Waals surface area contributed by atoms with E-state index in [2.05, 4.69) is 10.4 Å². The summed E-state index contributed by atoms with van der Waals surface area (Å²) in [5.41, 5.74) is 1.70. The van der Waals surface area contributed by atoms with Gasteiger partial charge in [-0.1, -0.05) is 0 Å². The first kappa shape index (κ1) is 10.6. The summed E-state index contributed by atoms with van der Waals surface area (Å²) in [5, 5.41) is 17.2. The summed E-state index contributed by atoms with van der Waals surface area (Å²) in [6.07, 6.45) is 3.13. The van der Waals surface area contributed by atoms with E-state index in [0.29, 0.717) is 18.4 Å². The molecule has 1 aliphatic carbocycles. The Morgan fingerprint density at radius 3 is 2.82 bits per heavy atom. The molecule has 5 nitrogen and oxygen atoms in total. The van der Waals surface area contributed by atoms with Gasteiger partial charge in [-0.15, -0.1) is 0 Å². The average Bonchev–Trinajstić information content (AvgIpc) is 3.07. The maximum atomic E-state index is 11.4. The average molecular weight is 235 g/mol. The number of hydrogen-bond donors (Lipinski definition) is 2. The van der Waals surface area contributed by atoms with Crippen molar-refractivity contribution in [1.82, 2.24) is 9.78 Å². The first-order valence-corrected chi connectivity index (χ1v) is 6.10. The van der Waals surface area contributed by atoms with Crippen LogP contribution in [0, 0.1) is 12.8 Å². The minimum absolute atomic E-state index is 0.304. The SMILES string of the molecule is Cc1nn(C)c2c1C(C(=O)O)CC(C1CC1)N2. The number of carboxylic acid groups (broad SMARTS) is 1. The van der Waals surface area contributed by atoms with Crippen LogP contribution in [0.4, 0.5) is 5.82 Å². The zero-order chi connectivity index (χ0) is 12.2. The molecule has 3 rings (SSSR count). The van der Waals surface area contributed by atoms with Gasteiger partial charge >= 0.3 is 5.97 Å². The van der Waals surface area contributed by atoms with Gasteiger partial charge in [-0.2, -0.15) is 5.10 Å². The molecule has 0 amide bonds. The molecule has 17 heavy (non-hydrogen) atoms. The molecule has 0 bridgehead atoms. The minimum Gasteiger partial charge on any atom is -0.481 e. The van der Waals surface area contributed by atoms with Crippen molar-refractivity contribution < 1.29 is 9.90 Å². The lowest BCUT2D eigenvalue weighted by atomic mass is 9.86. The second kappa shape index (κ2) is 3.48. The van der Waals surface area contributed by atoms with Gasteiger partial charge in [-0.25, -0.2) is 0 Å². The van der Waals surface area contributed by atoms with E-state index in [9.17, 15) is 9.90 Å². The molecule has 0 spiro atoms. The number of aryl methyl sites for hydroxylation is 2. The predicted molar refractivity (Wildman–Crippen MR) is 63.1 cm³/mol. The molecular formula is C12H17N3O2. The van der Waals surface area contributed by atoms with E-state index in [-0.39, 0.29) is 0 Å². The fourth-order valence-electron chi connectivity index (χ4n) is 2.90. The molecule has 5 heteroatoms. The number of rotatable bonds is 2. The molecule has 2 heterocycles. The normalized spacial score (nSPS) is 27.4. The largest absolute Gasteiger partial charge is 0.481 e. The first-order chi connectivity index (χ1) is 8.08. The number of hydrogen-bond acceptors (Lipinski definition) is 3. The third-order valence-corrected chi connectivity index (χ3v) is 3.92. The number of aliphatic carboxylic acids is 1. The fraction of sp³-hybridized carbons (Fsp3) is 0.667. The van der Waals surface area contributed by atoms with Crippen molar-refractivity contribution in [2.24, 2.45) is 13.0 Å². The van der Waals surface area contributed by atoms with E-state index in [1.807, 2.05) is 14.0 Å². The molecule has 0 radical (unpaired) electrons. The van der Waals surface area contributed by atoms with Gasteiger partial charge in [0.25, 0.3) is 0 Å².